The summed E-state index contributed by atoms with van der Waals surface area (Å²) < 4.78 is 0. The van der Waals surface area contributed by atoms with Crippen LogP contribution in [0.15, 0.2) is 72.9 Å². The summed E-state index contributed by atoms with van der Waals surface area (Å²) in [6.45, 7) is 0. The minimum absolute atomic E-state index is 0.939. The predicted molar refractivity (Wildman–Crippen MR) is 82.5 cm³/mol. The van der Waals surface area contributed by atoms with Crippen molar-refractivity contribution >= 4 is 21.5 Å². The zero-order valence-electron chi connectivity index (χ0n) is 10.8. The van der Waals surface area contributed by atoms with Crippen molar-refractivity contribution in [3.63, 3.8) is 0 Å². The Hall–Kier alpha value is -2.74. The summed E-state index contributed by atoms with van der Waals surface area (Å²) in [6, 6.07) is 22.8. The summed E-state index contributed by atoms with van der Waals surface area (Å²) in [5, 5.41) is 13.3. The van der Waals surface area contributed by atoms with Crippen LogP contribution in [0, 0.1) is 0 Å². The van der Waals surface area contributed by atoms with Gasteiger partial charge in [0.05, 0.1) is 6.20 Å². The number of rotatable bonds is 1. The molecule has 0 spiro atoms. The lowest BCUT2D eigenvalue weighted by Gasteiger charge is -2.07. The first-order valence-corrected chi connectivity index (χ1v) is 6.62. The van der Waals surface area contributed by atoms with Gasteiger partial charge in [-0.25, -0.2) is 0 Å². The molecule has 0 amide bonds. The number of nitrogens with zero attached hydrogens (tertiary/aromatic N) is 2. The van der Waals surface area contributed by atoms with Gasteiger partial charge in [-0.15, -0.1) is 5.10 Å². The number of hydrogen-bond donors (Lipinski definition) is 0. The number of benzene rings is 3. The summed E-state index contributed by atoms with van der Waals surface area (Å²) in [5.74, 6) is 0. The van der Waals surface area contributed by atoms with Crippen LogP contribution in [-0.4, -0.2) is 10.2 Å². The maximum atomic E-state index is 4.33. The Bertz CT molecular complexity index is 899. The highest BCUT2D eigenvalue weighted by Gasteiger charge is 2.08. The topological polar surface area (TPSA) is 25.8 Å². The van der Waals surface area contributed by atoms with E-state index in [0.29, 0.717) is 0 Å². The average Bonchev–Trinajstić information content (AvgIpc) is 2.55. The summed E-state index contributed by atoms with van der Waals surface area (Å²) in [7, 11) is 0. The molecule has 0 atom stereocenters. The first kappa shape index (κ1) is 11.1. The number of fused-ring (bicyclic) bond motifs is 3. The highest BCUT2D eigenvalue weighted by atomic mass is 15.1. The number of hydrogen-bond acceptors (Lipinski definition) is 2. The van der Waals surface area contributed by atoms with Crippen molar-refractivity contribution in [2.75, 3.05) is 0 Å². The Morgan fingerprint density at radius 2 is 1.40 bits per heavy atom. The maximum absolute atomic E-state index is 4.33. The van der Waals surface area contributed by atoms with Crippen molar-refractivity contribution in [3.05, 3.63) is 72.9 Å². The van der Waals surface area contributed by atoms with Gasteiger partial charge in [0.15, 0.2) is 0 Å². The standard InChI is InChI=1S/C18H12N2/c1-2-7-14(8-3-1)18-16-11-10-13-6-4-5-9-15(13)17(16)12-19-20-18/h1-12H. The molecule has 0 saturated heterocycles. The molecule has 0 aliphatic rings. The van der Waals surface area contributed by atoms with Crippen molar-refractivity contribution < 1.29 is 0 Å². The lowest BCUT2D eigenvalue weighted by atomic mass is 10.0. The summed E-state index contributed by atoms with van der Waals surface area (Å²) in [4.78, 5) is 0. The van der Waals surface area contributed by atoms with Gasteiger partial charge in [0.25, 0.3) is 0 Å². The van der Waals surface area contributed by atoms with Crippen molar-refractivity contribution in [3.8, 4) is 11.3 Å². The first-order valence-electron chi connectivity index (χ1n) is 6.62. The molecule has 3 aromatic carbocycles. The van der Waals surface area contributed by atoms with Gasteiger partial charge in [-0.05, 0) is 10.8 Å². The molecular formula is C18H12N2. The van der Waals surface area contributed by atoms with E-state index in [1.165, 1.54) is 10.8 Å². The molecule has 94 valence electrons. The van der Waals surface area contributed by atoms with Gasteiger partial charge in [-0.3, -0.25) is 0 Å². The average molecular weight is 256 g/mol. The van der Waals surface area contributed by atoms with Gasteiger partial charge in [0.1, 0.15) is 5.69 Å². The van der Waals surface area contributed by atoms with Crippen LogP contribution in [0.2, 0.25) is 0 Å². The third-order valence-corrected chi connectivity index (χ3v) is 3.62. The monoisotopic (exact) mass is 256 g/mol. The van der Waals surface area contributed by atoms with Gasteiger partial charge in [0.2, 0.25) is 0 Å². The lowest BCUT2D eigenvalue weighted by molar-refractivity contribution is 1.06. The SMILES string of the molecule is c1ccc(-c2nncc3c2ccc2ccccc23)cc1. The van der Waals surface area contributed by atoms with Crippen molar-refractivity contribution in [1.29, 1.82) is 0 Å². The van der Waals surface area contributed by atoms with E-state index in [1.54, 1.807) is 0 Å². The summed E-state index contributed by atoms with van der Waals surface area (Å²) in [5.41, 5.74) is 2.04. The van der Waals surface area contributed by atoms with Crippen LogP contribution in [0.1, 0.15) is 0 Å². The molecule has 0 saturated carbocycles. The van der Waals surface area contributed by atoms with E-state index < -0.39 is 0 Å². The Labute approximate surface area is 116 Å². The maximum Gasteiger partial charge on any atom is 0.101 e. The van der Waals surface area contributed by atoms with Crippen LogP contribution in [0.3, 0.4) is 0 Å². The van der Waals surface area contributed by atoms with Gasteiger partial charge in [-0.2, -0.15) is 5.10 Å². The molecule has 0 unspecified atom stereocenters. The van der Waals surface area contributed by atoms with Crippen molar-refractivity contribution in [2.45, 2.75) is 0 Å². The fourth-order valence-electron chi connectivity index (χ4n) is 2.65. The molecule has 4 aromatic rings. The van der Waals surface area contributed by atoms with E-state index in [9.17, 15) is 0 Å². The Kier molecular flexibility index (Phi) is 2.46. The molecule has 2 nitrogen and oxygen atoms in total. The second kappa shape index (κ2) is 4.42. The largest absolute Gasteiger partial charge is 0.158 e. The highest BCUT2D eigenvalue weighted by Crippen LogP contribution is 2.30. The second-order valence-corrected chi connectivity index (χ2v) is 4.81. The quantitative estimate of drug-likeness (QED) is 0.470. The molecule has 0 aliphatic heterocycles. The first-order chi connectivity index (χ1) is 9.93. The zero-order valence-corrected chi connectivity index (χ0v) is 10.8. The van der Waals surface area contributed by atoms with Crippen LogP contribution in [0.25, 0.3) is 32.8 Å². The van der Waals surface area contributed by atoms with Gasteiger partial charge >= 0.3 is 0 Å². The minimum atomic E-state index is 0.939. The predicted octanol–water partition coefficient (Wildman–Crippen LogP) is 4.45. The van der Waals surface area contributed by atoms with E-state index in [-0.39, 0.29) is 0 Å². The summed E-state index contributed by atoms with van der Waals surface area (Å²) >= 11 is 0. The molecule has 0 N–H and O–H groups in total. The molecular weight excluding hydrogens is 244 g/mol. The van der Waals surface area contributed by atoms with Crippen molar-refractivity contribution in [1.82, 2.24) is 10.2 Å². The molecule has 1 heterocycles. The van der Waals surface area contributed by atoms with Crippen LogP contribution < -0.4 is 0 Å². The van der Waals surface area contributed by atoms with Gasteiger partial charge < -0.3 is 0 Å². The zero-order chi connectivity index (χ0) is 13.4. The van der Waals surface area contributed by atoms with E-state index in [1.807, 2.05) is 24.4 Å². The molecule has 20 heavy (non-hydrogen) atoms. The van der Waals surface area contributed by atoms with E-state index in [0.717, 1.165) is 22.0 Å². The van der Waals surface area contributed by atoms with Crippen LogP contribution in [0.5, 0.6) is 0 Å². The molecule has 1 aromatic heterocycles. The normalized spacial score (nSPS) is 11.0. The fourth-order valence-corrected chi connectivity index (χ4v) is 2.65. The Morgan fingerprint density at radius 3 is 2.30 bits per heavy atom. The third kappa shape index (κ3) is 1.66. The van der Waals surface area contributed by atoms with Crippen LogP contribution in [-0.2, 0) is 0 Å². The van der Waals surface area contributed by atoms with Gasteiger partial charge in [-0.1, -0.05) is 66.7 Å². The molecule has 2 heteroatoms. The second-order valence-electron chi connectivity index (χ2n) is 4.81. The highest BCUT2D eigenvalue weighted by molar-refractivity contribution is 6.10. The molecule has 0 aliphatic carbocycles. The number of aromatic nitrogens is 2. The minimum Gasteiger partial charge on any atom is -0.158 e. The van der Waals surface area contributed by atoms with Crippen molar-refractivity contribution in [2.24, 2.45) is 0 Å². The van der Waals surface area contributed by atoms with E-state index in [2.05, 4.69) is 58.7 Å². The fraction of sp³-hybridized carbons (Fsp3) is 0. The molecule has 0 radical (unpaired) electrons. The smallest absolute Gasteiger partial charge is 0.101 e. The Morgan fingerprint density at radius 1 is 0.600 bits per heavy atom. The Balaban J connectivity index is 2.12. The van der Waals surface area contributed by atoms with Crippen LogP contribution >= 0.6 is 0 Å². The molecule has 0 bridgehead atoms. The van der Waals surface area contributed by atoms with Crippen LogP contribution in [0.4, 0.5) is 0 Å². The van der Waals surface area contributed by atoms with E-state index >= 15 is 0 Å². The van der Waals surface area contributed by atoms with Gasteiger partial charge in [0, 0.05) is 16.3 Å². The summed E-state index contributed by atoms with van der Waals surface area (Å²) in [6.07, 6.45) is 1.85. The molecule has 0 fully saturated rings. The molecule has 4 rings (SSSR count). The third-order valence-electron chi connectivity index (χ3n) is 3.62. The lowest BCUT2D eigenvalue weighted by Crippen LogP contribution is -1.90. The van der Waals surface area contributed by atoms with E-state index in [4.69, 9.17) is 0 Å².